The van der Waals surface area contributed by atoms with Gasteiger partial charge in [0.05, 0.1) is 6.10 Å². The van der Waals surface area contributed by atoms with Crippen molar-refractivity contribution in [3.05, 3.63) is 12.7 Å². The number of nitrogens with zero attached hydrogens (tertiary/aromatic N) is 1. The minimum Gasteiger partial charge on any atom is -0.339 e. The molecule has 0 N–H and O–H groups in total. The van der Waals surface area contributed by atoms with E-state index in [2.05, 4.69) is 6.58 Å². The van der Waals surface area contributed by atoms with Crippen molar-refractivity contribution in [1.29, 1.82) is 0 Å². The number of amides is 1. The van der Waals surface area contributed by atoms with Crippen LogP contribution in [0.25, 0.3) is 0 Å². The van der Waals surface area contributed by atoms with Gasteiger partial charge in [-0.1, -0.05) is 6.58 Å². The van der Waals surface area contributed by atoms with E-state index in [0.717, 1.165) is 0 Å². The maximum Gasteiger partial charge on any atom is 0.245 e. The Labute approximate surface area is 66.3 Å². The molecule has 0 saturated carbocycles. The van der Waals surface area contributed by atoms with E-state index in [-0.39, 0.29) is 5.91 Å². The first kappa shape index (κ1) is 8.27. The van der Waals surface area contributed by atoms with Crippen LogP contribution in [0, 0.1) is 0 Å². The first-order valence-electron chi connectivity index (χ1n) is 3.81. The molecule has 61 valence electrons. The highest BCUT2D eigenvalue weighted by Gasteiger charge is 2.19. The molecule has 1 aliphatic heterocycles. The highest BCUT2D eigenvalue weighted by atomic mass is 16.3. The van der Waals surface area contributed by atoms with Gasteiger partial charge in [0.25, 0.3) is 0 Å². The van der Waals surface area contributed by atoms with Crippen molar-refractivity contribution in [2.75, 3.05) is 13.1 Å². The molecule has 0 aromatic heterocycles. The van der Waals surface area contributed by atoms with Crippen LogP contribution >= 0.6 is 0 Å². The second-order valence-corrected chi connectivity index (χ2v) is 2.73. The van der Waals surface area contributed by atoms with Gasteiger partial charge in [-0.25, -0.2) is 5.11 Å². The number of hydrogen-bond acceptors (Lipinski definition) is 1. The molecule has 1 aliphatic rings. The lowest BCUT2D eigenvalue weighted by atomic mass is 10.1. The number of carbonyl (C=O) groups is 1. The van der Waals surface area contributed by atoms with E-state index in [1.54, 1.807) is 4.90 Å². The standard InChI is InChI=1S/C8H12NO2/c1-2-8(11)9-5-3-7(10)4-6-9/h2,7H,1,3-6H2. The van der Waals surface area contributed by atoms with Crippen molar-refractivity contribution in [3.8, 4) is 0 Å². The Bertz CT molecular complexity index is 159. The molecular weight excluding hydrogens is 142 g/mol. The van der Waals surface area contributed by atoms with Gasteiger partial charge in [0.1, 0.15) is 0 Å². The van der Waals surface area contributed by atoms with E-state index in [0.29, 0.717) is 25.9 Å². The molecule has 0 spiro atoms. The highest BCUT2D eigenvalue weighted by Crippen LogP contribution is 2.10. The van der Waals surface area contributed by atoms with Crippen molar-refractivity contribution < 1.29 is 9.90 Å². The molecule has 0 unspecified atom stereocenters. The van der Waals surface area contributed by atoms with Crippen LogP contribution < -0.4 is 0 Å². The van der Waals surface area contributed by atoms with Crippen molar-refractivity contribution in [2.24, 2.45) is 0 Å². The Morgan fingerprint density at radius 1 is 1.45 bits per heavy atom. The monoisotopic (exact) mass is 154 g/mol. The molecule has 3 heteroatoms. The third-order valence-electron chi connectivity index (χ3n) is 1.93. The maximum absolute atomic E-state index is 11.0. The van der Waals surface area contributed by atoms with Crippen molar-refractivity contribution in [3.63, 3.8) is 0 Å². The summed E-state index contributed by atoms with van der Waals surface area (Å²) in [6, 6.07) is 0. The minimum atomic E-state index is -0.469. The van der Waals surface area contributed by atoms with Crippen LogP contribution in [0.1, 0.15) is 12.8 Å². The summed E-state index contributed by atoms with van der Waals surface area (Å²) in [5.41, 5.74) is 0. The molecule has 1 amide bonds. The number of rotatable bonds is 1. The zero-order chi connectivity index (χ0) is 8.27. The second-order valence-electron chi connectivity index (χ2n) is 2.73. The average Bonchev–Trinajstić information content (AvgIpc) is 2.05. The van der Waals surface area contributed by atoms with Gasteiger partial charge in [-0.2, -0.15) is 0 Å². The second kappa shape index (κ2) is 3.53. The van der Waals surface area contributed by atoms with E-state index in [4.69, 9.17) is 0 Å². The molecule has 0 aromatic carbocycles. The number of carbonyl (C=O) groups excluding carboxylic acids is 1. The fourth-order valence-electron chi connectivity index (χ4n) is 1.21. The quantitative estimate of drug-likeness (QED) is 0.510. The lowest BCUT2D eigenvalue weighted by Gasteiger charge is -2.27. The minimum absolute atomic E-state index is 0.0584. The molecule has 0 atom stereocenters. The van der Waals surface area contributed by atoms with Gasteiger partial charge >= 0.3 is 0 Å². The van der Waals surface area contributed by atoms with E-state index in [1.807, 2.05) is 0 Å². The predicted octanol–water partition coefficient (Wildman–Crippen LogP) is 0.594. The van der Waals surface area contributed by atoms with E-state index >= 15 is 0 Å². The summed E-state index contributed by atoms with van der Waals surface area (Å²) < 4.78 is 0. The zero-order valence-electron chi connectivity index (χ0n) is 6.45. The van der Waals surface area contributed by atoms with Crippen LogP contribution in [0.4, 0.5) is 0 Å². The molecule has 1 radical (unpaired) electrons. The Balaban J connectivity index is 2.38. The number of likely N-dealkylation sites (tertiary alicyclic amines) is 1. The molecule has 1 saturated heterocycles. The van der Waals surface area contributed by atoms with E-state index in [9.17, 15) is 9.90 Å². The summed E-state index contributed by atoms with van der Waals surface area (Å²) in [6.07, 6.45) is 1.99. The van der Waals surface area contributed by atoms with Crippen LogP contribution in [0.15, 0.2) is 12.7 Å². The van der Waals surface area contributed by atoms with Gasteiger partial charge in [0, 0.05) is 13.1 Å². The summed E-state index contributed by atoms with van der Waals surface area (Å²) >= 11 is 0. The summed E-state index contributed by atoms with van der Waals surface area (Å²) in [7, 11) is 0. The Morgan fingerprint density at radius 3 is 2.45 bits per heavy atom. The van der Waals surface area contributed by atoms with Gasteiger partial charge in [-0.05, 0) is 18.9 Å². The fraction of sp³-hybridized carbons (Fsp3) is 0.625. The normalized spacial score (nSPS) is 19.9. The van der Waals surface area contributed by atoms with Crippen LogP contribution in [0.5, 0.6) is 0 Å². The molecule has 1 rings (SSSR count). The predicted molar refractivity (Wildman–Crippen MR) is 40.5 cm³/mol. The molecule has 3 nitrogen and oxygen atoms in total. The smallest absolute Gasteiger partial charge is 0.245 e. The SMILES string of the molecule is C=CC(=O)N1CCC([O])CC1. The lowest BCUT2D eigenvalue weighted by molar-refractivity contribution is -0.128. The molecular formula is C8H12NO2. The van der Waals surface area contributed by atoms with Crippen LogP contribution in [-0.2, 0) is 9.90 Å². The van der Waals surface area contributed by atoms with Gasteiger partial charge < -0.3 is 4.90 Å². The molecule has 0 bridgehead atoms. The van der Waals surface area contributed by atoms with Crippen LogP contribution in [0.2, 0.25) is 0 Å². The third-order valence-corrected chi connectivity index (χ3v) is 1.93. The number of hydrogen-bond donors (Lipinski definition) is 0. The fourth-order valence-corrected chi connectivity index (χ4v) is 1.21. The summed E-state index contributed by atoms with van der Waals surface area (Å²) in [6.45, 7) is 4.58. The maximum atomic E-state index is 11.0. The average molecular weight is 154 g/mol. The van der Waals surface area contributed by atoms with Gasteiger partial charge in [-0.15, -0.1) is 0 Å². The van der Waals surface area contributed by atoms with E-state index in [1.165, 1.54) is 6.08 Å². The van der Waals surface area contributed by atoms with Gasteiger partial charge in [0.15, 0.2) is 0 Å². The summed E-state index contributed by atoms with van der Waals surface area (Å²) in [5.74, 6) is -0.0584. The molecule has 0 aliphatic carbocycles. The Kier molecular flexibility index (Phi) is 2.65. The first-order chi connectivity index (χ1) is 5.24. The van der Waals surface area contributed by atoms with Gasteiger partial charge in [0.2, 0.25) is 5.91 Å². The van der Waals surface area contributed by atoms with Crippen molar-refractivity contribution >= 4 is 5.91 Å². The Hall–Kier alpha value is -0.830. The molecule has 1 heterocycles. The molecule has 1 fully saturated rings. The zero-order valence-corrected chi connectivity index (χ0v) is 6.45. The van der Waals surface area contributed by atoms with Crippen molar-refractivity contribution in [1.82, 2.24) is 4.90 Å². The van der Waals surface area contributed by atoms with E-state index < -0.39 is 6.10 Å². The van der Waals surface area contributed by atoms with Gasteiger partial charge in [-0.3, -0.25) is 4.79 Å². The highest BCUT2D eigenvalue weighted by molar-refractivity contribution is 5.87. The summed E-state index contributed by atoms with van der Waals surface area (Å²) in [4.78, 5) is 12.6. The first-order valence-corrected chi connectivity index (χ1v) is 3.81. The summed E-state index contributed by atoms with van der Waals surface area (Å²) in [5, 5.41) is 10.8. The van der Waals surface area contributed by atoms with Crippen molar-refractivity contribution in [2.45, 2.75) is 18.9 Å². The molecule has 0 aromatic rings. The molecule has 11 heavy (non-hydrogen) atoms. The van der Waals surface area contributed by atoms with Crippen LogP contribution in [-0.4, -0.2) is 30.0 Å². The Morgan fingerprint density at radius 2 is 2.00 bits per heavy atom. The largest absolute Gasteiger partial charge is 0.339 e. The van der Waals surface area contributed by atoms with Crippen LogP contribution in [0.3, 0.4) is 0 Å². The third kappa shape index (κ3) is 2.05. The lowest BCUT2D eigenvalue weighted by Crippen LogP contribution is -2.38. The topological polar surface area (TPSA) is 40.2 Å². The number of piperidine rings is 1.